The SMILES string of the molecule is C[C@@H]1C[C@H](O[Si](C)(C)C(C)(C)C)C[C@@](OS(=O)(=O)c2ccccc2)(C(=O)O)C1. The Kier molecular flexibility index (Phi) is 6.50. The van der Waals surface area contributed by atoms with Gasteiger partial charge in [-0.2, -0.15) is 8.42 Å². The fourth-order valence-electron chi connectivity index (χ4n) is 3.44. The molecule has 6 nitrogen and oxygen atoms in total. The molecule has 0 radical (unpaired) electrons. The number of aliphatic carboxylic acids is 1. The number of hydrogen-bond donors (Lipinski definition) is 1. The maximum Gasteiger partial charge on any atom is 0.337 e. The van der Waals surface area contributed by atoms with E-state index in [1.165, 1.54) is 12.1 Å². The zero-order valence-electron chi connectivity index (χ0n) is 17.6. The molecule has 1 aromatic rings. The summed E-state index contributed by atoms with van der Waals surface area (Å²) in [7, 11) is -6.35. The average molecular weight is 429 g/mol. The van der Waals surface area contributed by atoms with Crippen LogP contribution in [0.2, 0.25) is 18.1 Å². The van der Waals surface area contributed by atoms with Gasteiger partial charge in [0.05, 0.1) is 4.90 Å². The molecular formula is C20H32O6SSi. The largest absolute Gasteiger partial charge is 0.479 e. The fraction of sp³-hybridized carbons (Fsp3) is 0.650. The summed E-state index contributed by atoms with van der Waals surface area (Å²) in [5.74, 6) is -1.30. The molecule has 3 atom stereocenters. The second-order valence-corrected chi connectivity index (χ2v) is 15.7. The van der Waals surface area contributed by atoms with Gasteiger partial charge in [0.25, 0.3) is 10.1 Å². The van der Waals surface area contributed by atoms with Gasteiger partial charge in [-0.15, -0.1) is 0 Å². The molecule has 0 saturated heterocycles. The van der Waals surface area contributed by atoms with Crippen LogP contribution in [0.25, 0.3) is 0 Å². The lowest BCUT2D eigenvalue weighted by Gasteiger charge is -2.45. The van der Waals surface area contributed by atoms with Crippen molar-refractivity contribution in [1.29, 1.82) is 0 Å². The highest BCUT2D eigenvalue weighted by Crippen LogP contribution is 2.43. The summed E-state index contributed by atoms with van der Waals surface area (Å²) in [4.78, 5) is 12.2. The number of carboxylic acid groups (broad SMARTS) is 1. The van der Waals surface area contributed by atoms with Crippen molar-refractivity contribution in [2.75, 3.05) is 0 Å². The summed E-state index contributed by atoms with van der Waals surface area (Å²) in [5, 5.41) is 9.93. The molecule has 1 N–H and O–H groups in total. The highest BCUT2D eigenvalue weighted by atomic mass is 32.2. The van der Waals surface area contributed by atoms with Gasteiger partial charge in [0.15, 0.2) is 13.9 Å². The molecule has 0 aliphatic heterocycles. The summed E-state index contributed by atoms with van der Waals surface area (Å²) in [5.41, 5.74) is -1.82. The van der Waals surface area contributed by atoms with Crippen molar-refractivity contribution in [2.45, 2.75) is 81.7 Å². The Balaban J connectivity index is 2.34. The fourth-order valence-corrected chi connectivity index (χ4v) is 6.02. The van der Waals surface area contributed by atoms with E-state index in [0.717, 1.165) is 0 Å². The number of carbonyl (C=O) groups is 1. The third-order valence-corrected chi connectivity index (χ3v) is 11.8. The monoisotopic (exact) mass is 428 g/mol. The van der Waals surface area contributed by atoms with E-state index >= 15 is 0 Å². The molecule has 1 fully saturated rings. The molecule has 158 valence electrons. The summed E-state index contributed by atoms with van der Waals surface area (Å²) in [6.45, 7) is 12.5. The molecule has 0 spiro atoms. The Bertz CT molecular complexity index is 800. The van der Waals surface area contributed by atoms with Crippen molar-refractivity contribution in [1.82, 2.24) is 0 Å². The van der Waals surface area contributed by atoms with Crippen LogP contribution in [0.4, 0.5) is 0 Å². The second kappa shape index (κ2) is 7.89. The van der Waals surface area contributed by atoms with E-state index in [4.69, 9.17) is 8.61 Å². The van der Waals surface area contributed by atoms with Crippen molar-refractivity contribution >= 4 is 24.4 Å². The summed E-state index contributed by atoms with van der Waals surface area (Å²) in [6, 6.07) is 7.66. The highest BCUT2D eigenvalue weighted by molar-refractivity contribution is 7.86. The van der Waals surface area contributed by atoms with Crippen LogP contribution in [-0.4, -0.2) is 39.5 Å². The quantitative estimate of drug-likeness (QED) is 0.533. The smallest absolute Gasteiger partial charge is 0.337 e. The van der Waals surface area contributed by atoms with Gasteiger partial charge in [-0.1, -0.05) is 45.9 Å². The van der Waals surface area contributed by atoms with Gasteiger partial charge in [-0.05, 0) is 49.0 Å². The van der Waals surface area contributed by atoms with E-state index in [1.54, 1.807) is 18.2 Å². The molecule has 0 amide bonds. The first-order chi connectivity index (χ1) is 12.7. The highest BCUT2D eigenvalue weighted by Gasteiger charge is 2.52. The topological polar surface area (TPSA) is 89.9 Å². The molecule has 0 bridgehead atoms. The molecule has 0 aromatic heterocycles. The summed E-state index contributed by atoms with van der Waals surface area (Å²) in [6.07, 6.45) is 0.486. The van der Waals surface area contributed by atoms with Crippen molar-refractivity contribution in [3.63, 3.8) is 0 Å². The van der Waals surface area contributed by atoms with Crippen molar-refractivity contribution in [3.05, 3.63) is 30.3 Å². The predicted octanol–water partition coefficient (Wildman–Crippen LogP) is 4.43. The lowest BCUT2D eigenvalue weighted by molar-refractivity contribution is -0.163. The standard InChI is InChI=1S/C20H32O6SSi/c1-15-12-16(25-28(5,6)19(2,3)4)14-20(13-15,18(21)22)26-27(23,24)17-10-8-7-9-11-17/h7-11,15-16H,12-14H2,1-6H3,(H,21,22)/t15-,16+,20-/m1/s1. The van der Waals surface area contributed by atoms with Crippen LogP contribution in [0.1, 0.15) is 47.0 Å². The molecular weight excluding hydrogens is 396 g/mol. The van der Waals surface area contributed by atoms with Crippen LogP contribution in [0.3, 0.4) is 0 Å². The normalized spacial score (nSPS) is 26.8. The van der Waals surface area contributed by atoms with E-state index in [1.807, 2.05) is 6.92 Å². The van der Waals surface area contributed by atoms with Crippen LogP contribution in [0, 0.1) is 5.92 Å². The molecule has 1 saturated carbocycles. The summed E-state index contributed by atoms with van der Waals surface area (Å²) < 4.78 is 37.4. The van der Waals surface area contributed by atoms with Crippen LogP contribution >= 0.6 is 0 Å². The zero-order valence-corrected chi connectivity index (χ0v) is 19.4. The molecule has 2 rings (SSSR count). The van der Waals surface area contributed by atoms with Crippen LogP contribution in [0.5, 0.6) is 0 Å². The number of rotatable bonds is 6. The molecule has 28 heavy (non-hydrogen) atoms. The minimum absolute atomic E-state index is 0.0191. The average Bonchev–Trinajstić information content (AvgIpc) is 2.53. The predicted molar refractivity (Wildman–Crippen MR) is 110 cm³/mol. The van der Waals surface area contributed by atoms with Gasteiger partial charge in [0.2, 0.25) is 0 Å². The third kappa shape index (κ3) is 5.03. The Morgan fingerprint density at radius 1 is 1.18 bits per heavy atom. The van der Waals surface area contributed by atoms with Gasteiger partial charge in [0.1, 0.15) is 0 Å². The molecule has 1 aromatic carbocycles. The Hall–Kier alpha value is -1.22. The first kappa shape index (κ1) is 23.1. The van der Waals surface area contributed by atoms with E-state index < -0.39 is 30.0 Å². The number of hydrogen-bond acceptors (Lipinski definition) is 5. The van der Waals surface area contributed by atoms with E-state index in [-0.39, 0.29) is 34.8 Å². The van der Waals surface area contributed by atoms with Crippen LogP contribution in [-0.2, 0) is 23.5 Å². The van der Waals surface area contributed by atoms with Gasteiger partial charge in [-0.3, -0.25) is 0 Å². The minimum atomic E-state index is -4.21. The van der Waals surface area contributed by atoms with Crippen LogP contribution in [0.15, 0.2) is 35.2 Å². The van der Waals surface area contributed by atoms with Crippen LogP contribution < -0.4 is 0 Å². The molecule has 0 heterocycles. The van der Waals surface area contributed by atoms with Crippen molar-refractivity contribution in [2.24, 2.45) is 5.92 Å². The molecule has 0 unspecified atom stereocenters. The van der Waals surface area contributed by atoms with E-state index in [2.05, 4.69) is 33.9 Å². The lowest BCUT2D eigenvalue weighted by atomic mass is 9.77. The van der Waals surface area contributed by atoms with Gasteiger partial charge < -0.3 is 9.53 Å². The second-order valence-electron chi connectivity index (χ2n) is 9.40. The maximum absolute atomic E-state index is 12.8. The minimum Gasteiger partial charge on any atom is -0.479 e. The summed E-state index contributed by atoms with van der Waals surface area (Å²) >= 11 is 0. The first-order valence-electron chi connectivity index (χ1n) is 9.60. The van der Waals surface area contributed by atoms with Gasteiger partial charge >= 0.3 is 5.97 Å². The zero-order chi connectivity index (χ0) is 21.4. The van der Waals surface area contributed by atoms with Crippen molar-refractivity contribution < 1.29 is 26.9 Å². The van der Waals surface area contributed by atoms with E-state index in [9.17, 15) is 18.3 Å². The maximum atomic E-state index is 12.8. The molecule has 8 heteroatoms. The van der Waals surface area contributed by atoms with E-state index in [0.29, 0.717) is 6.42 Å². The number of carboxylic acids is 1. The molecule has 1 aliphatic carbocycles. The Morgan fingerprint density at radius 3 is 2.25 bits per heavy atom. The molecule has 1 aliphatic rings. The number of benzene rings is 1. The lowest BCUT2D eigenvalue weighted by Crippen LogP contribution is -2.54. The van der Waals surface area contributed by atoms with Gasteiger partial charge in [0, 0.05) is 12.5 Å². The van der Waals surface area contributed by atoms with Gasteiger partial charge in [-0.25, -0.2) is 8.98 Å². The first-order valence-corrected chi connectivity index (χ1v) is 13.9. The Labute approximate surface area is 169 Å². The van der Waals surface area contributed by atoms with Crippen molar-refractivity contribution in [3.8, 4) is 0 Å². The Morgan fingerprint density at radius 2 is 1.75 bits per heavy atom. The third-order valence-electron chi connectivity index (χ3n) is 5.86.